The average molecular weight is 494 g/mol. The predicted octanol–water partition coefficient (Wildman–Crippen LogP) is 3.53. The van der Waals surface area contributed by atoms with Gasteiger partial charge in [-0.2, -0.15) is 0 Å². The molecule has 0 radical (unpaired) electrons. The van der Waals surface area contributed by atoms with Gasteiger partial charge in [-0.25, -0.2) is 0 Å². The summed E-state index contributed by atoms with van der Waals surface area (Å²) in [6, 6.07) is 14.3. The van der Waals surface area contributed by atoms with Crippen molar-refractivity contribution in [1.82, 2.24) is 4.90 Å². The Hall–Kier alpha value is -1.78. The van der Waals surface area contributed by atoms with Gasteiger partial charge in [0.05, 0.1) is 0 Å². The van der Waals surface area contributed by atoms with E-state index in [0.717, 1.165) is 5.56 Å². The van der Waals surface area contributed by atoms with Gasteiger partial charge in [-0.1, -0.05) is 0 Å². The first-order chi connectivity index (χ1) is 14.1. The molecule has 0 aliphatic carbocycles. The Kier molecular flexibility index (Phi) is 8.18. The van der Waals surface area contributed by atoms with Crippen molar-refractivity contribution in [2.45, 2.75) is 50.1 Å². The number of para-hydroxylation sites is 1. The summed E-state index contributed by atoms with van der Waals surface area (Å²) >= 11 is -2.92. The number of rotatable bonds is 8. The molecule has 1 atom stereocenters. The van der Waals surface area contributed by atoms with E-state index in [1.165, 1.54) is 7.11 Å². The molecular weight excluding hydrogens is 461 g/mol. The third kappa shape index (κ3) is 5.47. The number of benzene rings is 2. The molecule has 0 saturated carbocycles. The SMILES string of the molecule is CCN(CC)C(=O)C[As](c1ccccc1OC)S(=O)(=O)c1ccc(C(C)(C)C)cc1. The Balaban J connectivity index is 2.56. The van der Waals surface area contributed by atoms with Crippen LogP contribution in [0.5, 0.6) is 5.75 Å². The van der Waals surface area contributed by atoms with Crippen molar-refractivity contribution in [3.63, 3.8) is 0 Å². The number of amides is 1. The molecule has 2 aromatic rings. The monoisotopic (exact) mass is 493 g/mol. The van der Waals surface area contributed by atoms with Crippen molar-refractivity contribution in [3.05, 3.63) is 54.1 Å². The second-order valence-corrected chi connectivity index (χ2v) is 18.0. The third-order valence-electron chi connectivity index (χ3n) is 5.06. The van der Waals surface area contributed by atoms with Crippen molar-refractivity contribution in [2.75, 3.05) is 20.2 Å². The van der Waals surface area contributed by atoms with E-state index in [-0.39, 0.29) is 21.4 Å². The van der Waals surface area contributed by atoms with Crippen LogP contribution in [0, 0.1) is 0 Å². The molecule has 0 heterocycles. The van der Waals surface area contributed by atoms with Gasteiger partial charge in [-0.05, 0) is 0 Å². The summed E-state index contributed by atoms with van der Waals surface area (Å²) < 4.78 is 33.6. The second-order valence-electron chi connectivity index (χ2n) is 8.02. The van der Waals surface area contributed by atoms with Gasteiger partial charge in [0.1, 0.15) is 0 Å². The summed E-state index contributed by atoms with van der Waals surface area (Å²) in [5.41, 5.74) is 0.998. The Labute approximate surface area is 184 Å². The molecule has 0 aliphatic rings. The zero-order valence-electron chi connectivity index (χ0n) is 18.7. The molecule has 0 fully saturated rings. The van der Waals surface area contributed by atoms with Gasteiger partial charge in [0, 0.05) is 0 Å². The Morgan fingerprint density at radius 3 is 2.07 bits per heavy atom. The summed E-state index contributed by atoms with van der Waals surface area (Å²) in [7, 11) is -2.15. The number of hydrogen-bond donors (Lipinski definition) is 0. The van der Waals surface area contributed by atoms with Crippen LogP contribution in [0.25, 0.3) is 0 Å². The predicted molar refractivity (Wildman–Crippen MR) is 123 cm³/mol. The van der Waals surface area contributed by atoms with Crippen LogP contribution in [-0.2, 0) is 18.3 Å². The van der Waals surface area contributed by atoms with Gasteiger partial charge in [0.25, 0.3) is 0 Å². The van der Waals surface area contributed by atoms with Crippen LogP contribution in [0.2, 0.25) is 5.21 Å². The molecule has 0 saturated heterocycles. The molecule has 2 rings (SSSR count). The number of hydrogen-bond acceptors (Lipinski definition) is 4. The Morgan fingerprint density at radius 2 is 1.57 bits per heavy atom. The Bertz CT molecular complexity index is 961. The van der Waals surface area contributed by atoms with Crippen LogP contribution < -0.4 is 9.09 Å². The molecule has 1 amide bonds. The van der Waals surface area contributed by atoms with E-state index >= 15 is 0 Å². The van der Waals surface area contributed by atoms with Crippen LogP contribution in [0.4, 0.5) is 0 Å². The molecule has 0 aromatic heterocycles. The number of carbonyl (C=O) groups is 1. The van der Waals surface area contributed by atoms with E-state index in [9.17, 15) is 13.2 Å². The van der Waals surface area contributed by atoms with Crippen molar-refractivity contribution in [1.29, 1.82) is 0 Å². The maximum absolute atomic E-state index is 13.7. The first kappa shape index (κ1) is 24.5. The standard InChI is InChI=1S/C23H32AsNO4S/c1-7-25(8-2)22(26)17-24(20-11-9-10-12-21(20)29-6)30(27,28)19-15-13-18(14-16-19)23(3,4)5/h9-16H,7-8,17H2,1-6H3. The fraction of sp³-hybridized carbons (Fsp3) is 0.435. The molecule has 0 spiro atoms. The molecule has 30 heavy (non-hydrogen) atoms. The first-order valence-electron chi connectivity index (χ1n) is 10.1. The Morgan fingerprint density at radius 1 is 1.00 bits per heavy atom. The van der Waals surface area contributed by atoms with Gasteiger partial charge in [-0.3, -0.25) is 0 Å². The summed E-state index contributed by atoms with van der Waals surface area (Å²) in [5, 5.41) is 0.0123. The summed E-state index contributed by atoms with van der Waals surface area (Å²) in [4.78, 5) is 14.9. The fourth-order valence-corrected chi connectivity index (χ4v) is 13.5. The quantitative estimate of drug-likeness (QED) is 0.528. The molecular formula is C23H32AsNO4S. The van der Waals surface area contributed by atoms with Crippen LogP contribution in [-0.4, -0.2) is 52.9 Å². The van der Waals surface area contributed by atoms with E-state index in [0.29, 0.717) is 23.2 Å². The van der Waals surface area contributed by atoms with E-state index < -0.39 is 21.6 Å². The van der Waals surface area contributed by atoms with E-state index in [4.69, 9.17) is 4.74 Å². The summed E-state index contributed by atoms with van der Waals surface area (Å²) in [5.74, 6) is 0.403. The van der Waals surface area contributed by atoms with Crippen LogP contribution >= 0.6 is 0 Å². The molecule has 1 unspecified atom stereocenters. The summed E-state index contributed by atoms with van der Waals surface area (Å²) in [6.07, 6.45) is 0. The first-order valence-corrected chi connectivity index (χ1v) is 16.1. The van der Waals surface area contributed by atoms with E-state index in [2.05, 4.69) is 20.8 Å². The van der Waals surface area contributed by atoms with Crippen LogP contribution in [0.3, 0.4) is 0 Å². The van der Waals surface area contributed by atoms with Gasteiger partial charge in [0.15, 0.2) is 0 Å². The van der Waals surface area contributed by atoms with E-state index in [1.807, 2.05) is 32.0 Å². The van der Waals surface area contributed by atoms with Gasteiger partial charge in [-0.15, -0.1) is 0 Å². The zero-order chi connectivity index (χ0) is 22.5. The molecule has 7 heteroatoms. The minimum atomic E-state index is -3.68. The molecule has 2 aromatic carbocycles. The number of carbonyl (C=O) groups excluding carboxylic acids is 1. The maximum atomic E-state index is 13.7. The van der Waals surface area contributed by atoms with Gasteiger partial charge >= 0.3 is 185 Å². The van der Waals surface area contributed by atoms with Crippen molar-refractivity contribution >= 4 is 31.9 Å². The second kappa shape index (κ2) is 10.0. The average Bonchev–Trinajstić information content (AvgIpc) is 2.72. The summed E-state index contributed by atoms with van der Waals surface area (Å²) in [6.45, 7) is 11.2. The molecule has 164 valence electrons. The van der Waals surface area contributed by atoms with Crippen molar-refractivity contribution in [2.24, 2.45) is 0 Å². The number of ether oxygens (including phenoxy) is 1. The van der Waals surface area contributed by atoms with Crippen LogP contribution in [0.15, 0.2) is 53.4 Å². The number of nitrogens with zero attached hydrogens (tertiary/aromatic N) is 1. The topological polar surface area (TPSA) is 63.7 Å². The van der Waals surface area contributed by atoms with Crippen molar-refractivity contribution < 1.29 is 17.9 Å². The fourth-order valence-electron chi connectivity index (χ4n) is 3.19. The minimum absolute atomic E-state index is 0.0123. The molecule has 0 aliphatic heterocycles. The van der Waals surface area contributed by atoms with Gasteiger partial charge in [0.2, 0.25) is 0 Å². The molecule has 0 bridgehead atoms. The van der Waals surface area contributed by atoms with E-state index in [1.54, 1.807) is 35.2 Å². The van der Waals surface area contributed by atoms with Gasteiger partial charge < -0.3 is 0 Å². The molecule has 5 nitrogen and oxygen atoms in total. The van der Waals surface area contributed by atoms with Crippen molar-refractivity contribution in [3.8, 4) is 5.75 Å². The molecule has 0 N–H and O–H groups in total. The normalized spacial score (nSPS) is 13.0. The third-order valence-corrected chi connectivity index (χ3v) is 16.3. The van der Waals surface area contributed by atoms with Crippen LogP contribution in [0.1, 0.15) is 40.2 Å². The number of methoxy groups -OCH3 is 1. The zero-order valence-corrected chi connectivity index (χ0v) is 21.4.